The Morgan fingerprint density at radius 3 is 2.39 bits per heavy atom. The minimum absolute atomic E-state index is 0.0484. The first-order valence-corrected chi connectivity index (χ1v) is 9.80. The fourth-order valence-electron chi connectivity index (χ4n) is 3.15. The molecule has 3 rings (SSSR count). The van der Waals surface area contributed by atoms with Gasteiger partial charge in [-0.2, -0.15) is 13.2 Å². The van der Waals surface area contributed by atoms with Crippen molar-refractivity contribution >= 4 is 17.9 Å². The smallest absolute Gasteiger partial charge is 0.339 e. The van der Waals surface area contributed by atoms with Crippen molar-refractivity contribution in [2.75, 3.05) is 37.6 Å². The van der Waals surface area contributed by atoms with E-state index < -0.39 is 17.8 Å². The summed E-state index contributed by atoms with van der Waals surface area (Å²) >= 11 is 0. The van der Waals surface area contributed by atoms with Crippen LogP contribution in [0.2, 0.25) is 0 Å². The number of alkyl halides is 3. The summed E-state index contributed by atoms with van der Waals surface area (Å²) in [7, 11) is 0. The molecule has 0 aliphatic carbocycles. The number of halogens is 3. The van der Waals surface area contributed by atoms with Crippen LogP contribution in [0.1, 0.15) is 17.5 Å². The molecule has 0 spiro atoms. The van der Waals surface area contributed by atoms with Gasteiger partial charge in [0.05, 0.1) is 5.56 Å². The first-order valence-electron chi connectivity index (χ1n) is 9.80. The van der Waals surface area contributed by atoms with Gasteiger partial charge in [0.1, 0.15) is 0 Å². The number of urea groups is 1. The topological polar surface area (TPSA) is 90.5 Å². The SMILES string of the molecule is O=C(NCCC(=O)N1CCN(c2ncccn2)CC1)NCc1cccc(C(F)(F)F)c1. The molecule has 1 saturated heterocycles. The van der Waals surface area contributed by atoms with E-state index in [1.807, 2.05) is 4.90 Å². The molecule has 8 nitrogen and oxygen atoms in total. The van der Waals surface area contributed by atoms with Gasteiger partial charge in [0.25, 0.3) is 0 Å². The third kappa shape index (κ3) is 6.56. The van der Waals surface area contributed by atoms with Crippen molar-refractivity contribution in [3.63, 3.8) is 0 Å². The number of nitrogens with zero attached hydrogens (tertiary/aromatic N) is 4. The van der Waals surface area contributed by atoms with Crippen LogP contribution in [0.25, 0.3) is 0 Å². The lowest BCUT2D eigenvalue weighted by atomic mass is 10.1. The zero-order valence-electron chi connectivity index (χ0n) is 16.7. The second-order valence-corrected chi connectivity index (χ2v) is 6.97. The molecule has 0 radical (unpaired) electrons. The monoisotopic (exact) mass is 436 g/mol. The molecule has 0 saturated carbocycles. The Morgan fingerprint density at radius 2 is 1.71 bits per heavy atom. The Bertz CT molecular complexity index is 886. The highest BCUT2D eigenvalue weighted by Gasteiger charge is 2.30. The van der Waals surface area contributed by atoms with Gasteiger partial charge >= 0.3 is 12.2 Å². The Kier molecular flexibility index (Phi) is 7.27. The number of benzene rings is 1. The molecular weight excluding hydrogens is 413 g/mol. The number of hydrogen-bond donors (Lipinski definition) is 2. The molecule has 0 unspecified atom stereocenters. The summed E-state index contributed by atoms with van der Waals surface area (Å²) in [5, 5.41) is 5.04. The summed E-state index contributed by atoms with van der Waals surface area (Å²) < 4.78 is 38.2. The molecule has 2 heterocycles. The number of hydrogen-bond acceptors (Lipinski definition) is 5. The summed E-state index contributed by atoms with van der Waals surface area (Å²) in [5.74, 6) is 0.556. The normalized spacial score (nSPS) is 14.3. The minimum Gasteiger partial charge on any atom is -0.339 e. The van der Waals surface area contributed by atoms with Gasteiger partial charge in [-0.15, -0.1) is 0 Å². The molecule has 3 amide bonds. The van der Waals surface area contributed by atoms with Gasteiger partial charge in [0.15, 0.2) is 0 Å². The molecule has 1 aliphatic heterocycles. The van der Waals surface area contributed by atoms with Crippen molar-refractivity contribution in [3.05, 3.63) is 53.9 Å². The maximum absolute atomic E-state index is 12.7. The van der Waals surface area contributed by atoms with Crippen LogP contribution in [-0.4, -0.2) is 59.5 Å². The first-order chi connectivity index (χ1) is 14.8. The van der Waals surface area contributed by atoms with Crippen molar-refractivity contribution in [1.29, 1.82) is 0 Å². The summed E-state index contributed by atoms with van der Waals surface area (Å²) in [5.41, 5.74) is -0.432. The molecule has 2 N–H and O–H groups in total. The van der Waals surface area contributed by atoms with Gasteiger partial charge in [-0.25, -0.2) is 14.8 Å². The van der Waals surface area contributed by atoms with Crippen LogP contribution >= 0.6 is 0 Å². The van der Waals surface area contributed by atoms with E-state index >= 15 is 0 Å². The van der Waals surface area contributed by atoms with Gasteiger partial charge in [0, 0.05) is 58.1 Å². The van der Waals surface area contributed by atoms with E-state index in [0.29, 0.717) is 37.7 Å². The van der Waals surface area contributed by atoms with E-state index in [-0.39, 0.29) is 25.4 Å². The number of rotatable bonds is 6. The molecule has 31 heavy (non-hydrogen) atoms. The third-order valence-corrected chi connectivity index (χ3v) is 4.80. The van der Waals surface area contributed by atoms with E-state index in [2.05, 4.69) is 20.6 Å². The molecule has 1 fully saturated rings. The molecule has 1 aliphatic rings. The summed E-state index contributed by atoms with van der Waals surface area (Å²) in [6.45, 7) is 2.42. The molecule has 0 atom stereocenters. The highest BCUT2D eigenvalue weighted by molar-refractivity contribution is 5.78. The predicted octanol–water partition coefficient (Wildman–Crippen LogP) is 2.03. The van der Waals surface area contributed by atoms with E-state index in [9.17, 15) is 22.8 Å². The van der Waals surface area contributed by atoms with E-state index in [1.165, 1.54) is 12.1 Å². The third-order valence-electron chi connectivity index (χ3n) is 4.80. The van der Waals surface area contributed by atoms with Crippen LogP contribution in [0.5, 0.6) is 0 Å². The molecular formula is C20H23F3N6O2. The van der Waals surface area contributed by atoms with Crippen molar-refractivity contribution in [1.82, 2.24) is 25.5 Å². The van der Waals surface area contributed by atoms with Gasteiger partial charge in [-0.1, -0.05) is 12.1 Å². The summed E-state index contributed by atoms with van der Waals surface area (Å²) in [6.07, 6.45) is -0.954. The van der Waals surface area contributed by atoms with Gasteiger partial charge in [-0.3, -0.25) is 4.79 Å². The van der Waals surface area contributed by atoms with Gasteiger partial charge in [-0.05, 0) is 23.8 Å². The second kappa shape index (κ2) is 10.1. The first kappa shape index (κ1) is 22.3. The van der Waals surface area contributed by atoms with Crippen molar-refractivity contribution in [3.8, 4) is 0 Å². The number of piperazine rings is 1. The zero-order valence-corrected chi connectivity index (χ0v) is 16.7. The zero-order chi connectivity index (χ0) is 22.3. The van der Waals surface area contributed by atoms with Gasteiger partial charge < -0.3 is 20.4 Å². The molecule has 1 aromatic carbocycles. The fraction of sp³-hybridized carbons (Fsp3) is 0.400. The number of nitrogens with one attached hydrogen (secondary N) is 2. The summed E-state index contributed by atoms with van der Waals surface area (Å²) in [6, 6.07) is 5.95. The minimum atomic E-state index is -4.43. The standard InChI is InChI=1S/C20H23F3N6O2/c21-20(22,23)16-4-1-3-15(13-16)14-27-19(31)26-8-5-17(30)28-9-11-29(12-10-28)18-24-6-2-7-25-18/h1-4,6-7,13H,5,8-12,14H2,(H2,26,27,31). The van der Waals surface area contributed by atoms with Crippen molar-refractivity contribution < 1.29 is 22.8 Å². The molecule has 0 bridgehead atoms. The average molecular weight is 436 g/mol. The quantitative estimate of drug-likeness (QED) is 0.723. The molecule has 166 valence electrons. The van der Waals surface area contributed by atoms with Crippen LogP contribution in [-0.2, 0) is 17.5 Å². The van der Waals surface area contributed by atoms with Crippen LogP contribution in [0, 0.1) is 0 Å². The lowest BCUT2D eigenvalue weighted by Crippen LogP contribution is -2.49. The van der Waals surface area contributed by atoms with Crippen molar-refractivity contribution in [2.45, 2.75) is 19.1 Å². The summed E-state index contributed by atoms with van der Waals surface area (Å²) in [4.78, 5) is 36.3. The Balaban J connectivity index is 1.35. The predicted molar refractivity (Wildman–Crippen MR) is 107 cm³/mol. The van der Waals surface area contributed by atoms with Crippen molar-refractivity contribution in [2.24, 2.45) is 0 Å². The van der Waals surface area contributed by atoms with E-state index in [4.69, 9.17) is 0 Å². The number of anilines is 1. The van der Waals surface area contributed by atoms with Crippen LogP contribution in [0.15, 0.2) is 42.7 Å². The van der Waals surface area contributed by atoms with Crippen LogP contribution in [0.3, 0.4) is 0 Å². The average Bonchev–Trinajstić information content (AvgIpc) is 2.78. The molecule has 11 heteroatoms. The maximum Gasteiger partial charge on any atom is 0.416 e. The molecule has 2 aromatic rings. The lowest BCUT2D eigenvalue weighted by molar-refractivity contribution is -0.137. The second-order valence-electron chi connectivity index (χ2n) is 6.97. The van der Waals surface area contributed by atoms with E-state index in [0.717, 1.165) is 12.1 Å². The number of amides is 3. The number of carbonyl (C=O) groups is 2. The molecule has 1 aromatic heterocycles. The maximum atomic E-state index is 12.7. The largest absolute Gasteiger partial charge is 0.416 e. The number of carbonyl (C=O) groups excluding carboxylic acids is 2. The number of aromatic nitrogens is 2. The fourth-order valence-corrected chi connectivity index (χ4v) is 3.15. The van der Waals surface area contributed by atoms with Gasteiger partial charge in [0.2, 0.25) is 11.9 Å². The van der Waals surface area contributed by atoms with E-state index in [1.54, 1.807) is 23.4 Å². The Hall–Kier alpha value is -3.37. The highest BCUT2D eigenvalue weighted by atomic mass is 19.4. The Morgan fingerprint density at radius 1 is 1.00 bits per heavy atom. The highest BCUT2D eigenvalue weighted by Crippen LogP contribution is 2.29. The van der Waals surface area contributed by atoms with Crippen LogP contribution < -0.4 is 15.5 Å². The Labute approximate surface area is 177 Å². The lowest BCUT2D eigenvalue weighted by Gasteiger charge is -2.34. The van der Waals surface area contributed by atoms with Crippen LogP contribution in [0.4, 0.5) is 23.9 Å².